The monoisotopic (exact) mass is 435 g/mol. The molecule has 2 heterocycles. The van der Waals surface area contributed by atoms with E-state index in [-0.39, 0.29) is 11.9 Å². The lowest BCUT2D eigenvalue weighted by atomic mass is 10.1. The number of fused-ring (bicyclic) bond motifs is 1. The number of hydrogen-bond acceptors (Lipinski definition) is 4. The van der Waals surface area contributed by atoms with Gasteiger partial charge in [0.15, 0.2) is 0 Å². The standard InChI is InChI=1S/C25H33N5O2/c1-28-16-18-29(19-17-28)15-13-26-24(31)21-9-11-22(12-10-21)27-25(32)30-14-5-4-7-20-6-2-3-8-23(20)30/h2-3,6,8-12H,4-5,7,13-19H2,1H3,(H,26,31)(H,27,32). The Morgan fingerprint density at radius 3 is 2.44 bits per heavy atom. The lowest BCUT2D eigenvalue weighted by molar-refractivity contribution is 0.0941. The van der Waals surface area contributed by atoms with Crippen LogP contribution >= 0.6 is 0 Å². The summed E-state index contributed by atoms with van der Waals surface area (Å²) in [7, 11) is 2.14. The predicted molar refractivity (Wildman–Crippen MR) is 128 cm³/mol. The van der Waals surface area contributed by atoms with Gasteiger partial charge in [0.05, 0.1) is 0 Å². The third-order valence-electron chi connectivity index (χ3n) is 6.31. The third-order valence-corrected chi connectivity index (χ3v) is 6.31. The van der Waals surface area contributed by atoms with Gasteiger partial charge in [0.2, 0.25) is 0 Å². The van der Waals surface area contributed by atoms with Crippen molar-refractivity contribution in [2.24, 2.45) is 0 Å². The molecular weight excluding hydrogens is 402 g/mol. The van der Waals surface area contributed by atoms with E-state index in [1.807, 2.05) is 23.1 Å². The smallest absolute Gasteiger partial charge is 0.326 e. The SMILES string of the molecule is CN1CCN(CCNC(=O)c2ccc(NC(=O)N3CCCCc4ccccc43)cc2)CC1. The van der Waals surface area contributed by atoms with Crippen LogP contribution in [0, 0.1) is 0 Å². The molecule has 0 spiro atoms. The molecule has 0 aromatic heterocycles. The van der Waals surface area contributed by atoms with Crippen LogP contribution in [0.4, 0.5) is 16.2 Å². The first kappa shape index (κ1) is 22.3. The molecule has 2 aromatic carbocycles. The highest BCUT2D eigenvalue weighted by Gasteiger charge is 2.21. The second-order valence-corrected chi connectivity index (χ2v) is 8.65. The summed E-state index contributed by atoms with van der Waals surface area (Å²) in [6, 6.07) is 15.1. The summed E-state index contributed by atoms with van der Waals surface area (Å²) in [4.78, 5) is 31.9. The molecule has 0 unspecified atom stereocenters. The van der Waals surface area contributed by atoms with Gasteiger partial charge < -0.3 is 15.5 Å². The Kier molecular flexibility index (Phi) is 7.39. The van der Waals surface area contributed by atoms with E-state index in [4.69, 9.17) is 0 Å². The minimum atomic E-state index is -0.135. The molecule has 2 aliphatic heterocycles. The van der Waals surface area contributed by atoms with E-state index in [0.29, 0.717) is 24.3 Å². The first-order chi connectivity index (χ1) is 15.6. The largest absolute Gasteiger partial charge is 0.351 e. The lowest BCUT2D eigenvalue weighted by Gasteiger charge is -2.32. The maximum Gasteiger partial charge on any atom is 0.326 e. The number of hydrogen-bond donors (Lipinski definition) is 2. The molecule has 1 fully saturated rings. The van der Waals surface area contributed by atoms with Gasteiger partial charge in [-0.05, 0) is 62.2 Å². The fraction of sp³-hybridized carbons (Fsp3) is 0.440. The molecule has 0 bridgehead atoms. The Bertz CT molecular complexity index is 922. The van der Waals surface area contributed by atoms with Crippen molar-refractivity contribution < 1.29 is 9.59 Å². The van der Waals surface area contributed by atoms with E-state index in [1.54, 1.807) is 24.3 Å². The van der Waals surface area contributed by atoms with Gasteiger partial charge in [-0.2, -0.15) is 0 Å². The van der Waals surface area contributed by atoms with Gasteiger partial charge in [0.1, 0.15) is 0 Å². The molecule has 2 N–H and O–H groups in total. The molecule has 7 nitrogen and oxygen atoms in total. The van der Waals surface area contributed by atoms with Crippen LogP contribution in [0.25, 0.3) is 0 Å². The summed E-state index contributed by atoms with van der Waals surface area (Å²) < 4.78 is 0. The van der Waals surface area contributed by atoms with Crippen molar-refractivity contribution in [1.82, 2.24) is 15.1 Å². The van der Waals surface area contributed by atoms with Crippen molar-refractivity contribution in [2.45, 2.75) is 19.3 Å². The Balaban J connectivity index is 1.29. The van der Waals surface area contributed by atoms with Gasteiger partial charge in [-0.25, -0.2) is 4.79 Å². The highest BCUT2D eigenvalue weighted by molar-refractivity contribution is 6.02. The fourth-order valence-corrected chi connectivity index (χ4v) is 4.30. The van der Waals surface area contributed by atoms with Crippen molar-refractivity contribution >= 4 is 23.3 Å². The highest BCUT2D eigenvalue weighted by atomic mass is 16.2. The molecule has 170 valence electrons. The maximum absolute atomic E-state index is 12.9. The van der Waals surface area contributed by atoms with Gasteiger partial charge in [0.25, 0.3) is 5.91 Å². The number of anilines is 2. The van der Waals surface area contributed by atoms with Gasteiger partial charge in [-0.15, -0.1) is 0 Å². The Morgan fingerprint density at radius 2 is 1.66 bits per heavy atom. The minimum Gasteiger partial charge on any atom is -0.351 e. The average molecular weight is 436 g/mol. The Hall–Kier alpha value is -2.90. The molecule has 3 amide bonds. The van der Waals surface area contributed by atoms with E-state index in [1.165, 1.54) is 5.56 Å². The zero-order valence-corrected chi connectivity index (χ0v) is 18.8. The molecule has 0 atom stereocenters. The molecule has 2 aromatic rings. The van der Waals surface area contributed by atoms with E-state index in [2.05, 4.69) is 33.5 Å². The summed E-state index contributed by atoms with van der Waals surface area (Å²) in [5, 5.41) is 5.98. The first-order valence-corrected chi connectivity index (χ1v) is 11.6. The van der Waals surface area contributed by atoms with Crippen LogP contribution in [0.5, 0.6) is 0 Å². The number of para-hydroxylation sites is 1. The minimum absolute atomic E-state index is 0.0848. The number of carbonyl (C=O) groups is 2. The van der Waals surface area contributed by atoms with E-state index in [9.17, 15) is 9.59 Å². The van der Waals surface area contributed by atoms with Crippen molar-refractivity contribution in [3.05, 3.63) is 59.7 Å². The van der Waals surface area contributed by atoms with E-state index in [0.717, 1.165) is 57.7 Å². The molecule has 0 saturated carbocycles. The molecule has 0 radical (unpaired) electrons. The zero-order chi connectivity index (χ0) is 22.3. The second-order valence-electron chi connectivity index (χ2n) is 8.65. The van der Waals surface area contributed by atoms with Crippen molar-refractivity contribution in [1.29, 1.82) is 0 Å². The van der Waals surface area contributed by atoms with Crippen LogP contribution in [0.15, 0.2) is 48.5 Å². The topological polar surface area (TPSA) is 67.9 Å². The Morgan fingerprint density at radius 1 is 0.906 bits per heavy atom. The van der Waals surface area contributed by atoms with Gasteiger partial charge in [-0.1, -0.05) is 18.2 Å². The number of benzene rings is 2. The Labute approximate surface area is 190 Å². The first-order valence-electron chi connectivity index (χ1n) is 11.6. The zero-order valence-electron chi connectivity index (χ0n) is 18.8. The summed E-state index contributed by atoms with van der Waals surface area (Å²) in [6.07, 6.45) is 3.06. The average Bonchev–Trinajstić information content (AvgIpc) is 3.03. The van der Waals surface area contributed by atoms with Crippen molar-refractivity contribution in [2.75, 3.05) is 63.1 Å². The number of aryl methyl sites for hydroxylation is 1. The molecule has 0 aliphatic carbocycles. The molecule has 1 saturated heterocycles. The molecule has 7 heteroatoms. The number of nitrogens with one attached hydrogen (secondary N) is 2. The summed E-state index contributed by atoms with van der Waals surface area (Å²) >= 11 is 0. The van der Waals surface area contributed by atoms with Crippen molar-refractivity contribution in [3.63, 3.8) is 0 Å². The molecule has 4 rings (SSSR count). The van der Waals surface area contributed by atoms with Gasteiger partial charge in [-0.3, -0.25) is 14.6 Å². The highest BCUT2D eigenvalue weighted by Crippen LogP contribution is 2.26. The van der Waals surface area contributed by atoms with Crippen LogP contribution in [-0.4, -0.2) is 74.6 Å². The predicted octanol–water partition coefficient (Wildman–Crippen LogP) is 3.04. The van der Waals surface area contributed by atoms with Crippen LogP contribution < -0.4 is 15.5 Å². The van der Waals surface area contributed by atoms with Crippen LogP contribution in [-0.2, 0) is 6.42 Å². The quantitative estimate of drug-likeness (QED) is 0.758. The second kappa shape index (κ2) is 10.6. The van der Waals surface area contributed by atoms with Crippen LogP contribution in [0.2, 0.25) is 0 Å². The number of amides is 3. The molecular formula is C25H33N5O2. The number of nitrogens with zero attached hydrogens (tertiary/aromatic N) is 3. The van der Waals surface area contributed by atoms with Crippen molar-refractivity contribution in [3.8, 4) is 0 Å². The maximum atomic E-state index is 12.9. The summed E-state index contributed by atoms with van der Waals surface area (Å²) in [5.41, 5.74) is 3.48. The van der Waals surface area contributed by atoms with Gasteiger partial charge >= 0.3 is 6.03 Å². The number of rotatable bonds is 5. The fourth-order valence-electron chi connectivity index (χ4n) is 4.30. The van der Waals surface area contributed by atoms with E-state index >= 15 is 0 Å². The number of likely N-dealkylation sites (N-methyl/N-ethyl adjacent to an activating group) is 1. The van der Waals surface area contributed by atoms with Gasteiger partial charge in [0, 0.05) is 62.8 Å². The normalized spacial score (nSPS) is 17.3. The van der Waals surface area contributed by atoms with Crippen LogP contribution in [0.1, 0.15) is 28.8 Å². The van der Waals surface area contributed by atoms with Crippen LogP contribution in [0.3, 0.4) is 0 Å². The molecule has 2 aliphatic rings. The summed E-state index contributed by atoms with van der Waals surface area (Å²) in [5.74, 6) is -0.0848. The lowest BCUT2D eigenvalue weighted by Crippen LogP contribution is -2.46. The molecule has 32 heavy (non-hydrogen) atoms. The number of urea groups is 1. The third kappa shape index (κ3) is 5.66. The van der Waals surface area contributed by atoms with E-state index < -0.39 is 0 Å². The number of carbonyl (C=O) groups excluding carboxylic acids is 2. The summed E-state index contributed by atoms with van der Waals surface area (Å²) in [6.45, 7) is 6.44. The number of piperazine rings is 1.